The summed E-state index contributed by atoms with van der Waals surface area (Å²) in [6.07, 6.45) is -1.35. The lowest BCUT2D eigenvalue weighted by Gasteiger charge is -2.37. The highest BCUT2D eigenvalue weighted by Crippen LogP contribution is 2.43. The van der Waals surface area contributed by atoms with Crippen molar-refractivity contribution in [2.24, 2.45) is 0 Å². The highest BCUT2D eigenvalue weighted by atomic mass is 16.6. The number of fused-ring (bicyclic) bond motifs is 1. The molecule has 260 valence electrons. The second-order valence-electron chi connectivity index (χ2n) is 11.9. The van der Waals surface area contributed by atoms with Crippen LogP contribution in [0.25, 0.3) is 11.2 Å². The first-order valence-corrected chi connectivity index (χ1v) is 16.3. The molecule has 1 aliphatic heterocycles. The maximum atomic E-state index is 13.3. The van der Waals surface area contributed by atoms with Gasteiger partial charge in [-0.05, 0) is 53.1 Å². The zero-order chi connectivity index (χ0) is 35.4. The van der Waals surface area contributed by atoms with Crippen LogP contribution in [0.1, 0.15) is 29.3 Å². The Morgan fingerprint density at radius 1 is 0.863 bits per heavy atom. The predicted octanol–water partition coefficient (Wildman–Crippen LogP) is 5.44. The molecule has 0 radical (unpaired) electrons. The van der Waals surface area contributed by atoms with Crippen molar-refractivity contribution >= 4 is 28.7 Å². The summed E-state index contributed by atoms with van der Waals surface area (Å²) in [4.78, 5) is 37.3. The second kappa shape index (κ2) is 14.5. The van der Waals surface area contributed by atoms with Gasteiger partial charge in [-0.1, -0.05) is 72.8 Å². The number of aliphatic hydroxyl groups excluding tert-OH is 1. The van der Waals surface area contributed by atoms with Gasteiger partial charge in [0.15, 0.2) is 11.5 Å². The molecule has 4 N–H and O–H groups in total. The fourth-order valence-corrected chi connectivity index (χ4v) is 6.40. The van der Waals surface area contributed by atoms with Crippen molar-refractivity contribution in [3.8, 4) is 11.5 Å². The van der Waals surface area contributed by atoms with Crippen LogP contribution in [0.4, 0.5) is 16.3 Å². The number of nitrogens with one attached hydrogen (secondary N) is 3. The van der Waals surface area contributed by atoms with Gasteiger partial charge in [-0.2, -0.15) is 0 Å². The zero-order valence-corrected chi connectivity index (χ0v) is 27.9. The van der Waals surface area contributed by atoms with E-state index in [1.807, 2.05) is 84.9 Å². The number of benzene rings is 4. The van der Waals surface area contributed by atoms with Crippen LogP contribution in [-0.2, 0) is 15.1 Å². The number of imidazole rings is 1. The topological polar surface area (TPSA) is 162 Å². The zero-order valence-electron chi connectivity index (χ0n) is 27.9. The van der Waals surface area contributed by atoms with Crippen molar-refractivity contribution in [1.29, 1.82) is 0 Å². The van der Waals surface area contributed by atoms with E-state index in [1.54, 1.807) is 38.5 Å². The summed E-state index contributed by atoms with van der Waals surface area (Å²) in [6.45, 7) is -0.0385. The molecule has 2 amide bonds. The van der Waals surface area contributed by atoms with Crippen molar-refractivity contribution in [2.45, 2.75) is 30.5 Å². The van der Waals surface area contributed by atoms with Gasteiger partial charge in [0, 0.05) is 12.1 Å². The molecule has 6 aromatic rings. The van der Waals surface area contributed by atoms with E-state index in [1.165, 1.54) is 10.9 Å². The van der Waals surface area contributed by atoms with E-state index in [9.17, 15) is 14.7 Å². The summed E-state index contributed by atoms with van der Waals surface area (Å²) in [5.74, 6) is 1.49. The van der Waals surface area contributed by atoms with Crippen molar-refractivity contribution in [3.63, 3.8) is 0 Å². The SMILES string of the molecule is COc1ccc(C(OC[C@H]2O[C@@H](n3c(=O)[nH]c4c(NC(=O)Nc5ccccc5)ncnc43)C[C@H]2O)(c2ccccc2)c2ccc(OC)cc2)cc1. The van der Waals surface area contributed by atoms with Crippen LogP contribution < -0.4 is 25.8 Å². The number of aromatic nitrogens is 4. The molecule has 13 heteroatoms. The first kappa shape index (κ1) is 33.5. The fraction of sp³-hybridized carbons (Fsp3) is 0.211. The van der Waals surface area contributed by atoms with Crippen LogP contribution in [0.2, 0.25) is 0 Å². The van der Waals surface area contributed by atoms with Crippen molar-refractivity contribution in [3.05, 3.63) is 143 Å². The normalized spacial score (nSPS) is 17.3. The van der Waals surface area contributed by atoms with Gasteiger partial charge in [-0.25, -0.2) is 24.1 Å². The number of ether oxygens (including phenoxy) is 4. The standard InChI is InChI=1S/C38H36N6O7/c1-48-28-17-13-25(14-18-28)38(24-9-5-3-6-10-24,26-15-19-29(49-2)20-16-26)50-22-31-30(45)21-32(51-31)44-35-33(42-37(44)47)34(39-23-40-35)43-36(46)41-27-11-7-4-8-12-27/h3-20,23,30-32,45H,21-22H2,1-2H3,(H,42,47)(H2,39,40,41,43,46)/t30-,31-,32-/m1/s1. The maximum Gasteiger partial charge on any atom is 0.329 e. The summed E-state index contributed by atoms with van der Waals surface area (Å²) in [5, 5.41) is 16.7. The molecule has 7 rings (SSSR count). The van der Waals surface area contributed by atoms with E-state index in [2.05, 4.69) is 25.6 Å². The minimum absolute atomic E-state index is 0.0385. The van der Waals surface area contributed by atoms with E-state index >= 15 is 0 Å². The fourth-order valence-electron chi connectivity index (χ4n) is 6.40. The molecule has 0 saturated carbocycles. The lowest BCUT2D eigenvalue weighted by atomic mass is 9.80. The van der Waals surface area contributed by atoms with Gasteiger partial charge in [0.05, 0.1) is 26.9 Å². The van der Waals surface area contributed by atoms with Crippen LogP contribution in [0.15, 0.2) is 120 Å². The Morgan fingerprint density at radius 2 is 1.45 bits per heavy atom. The van der Waals surface area contributed by atoms with E-state index < -0.39 is 35.8 Å². The molecule has 0 aliphatic carbocycles. The Kier molecular flexibility index (Phi) is 9.49. The molecule has 13 nitrogen and oxygen atoms in total. The van der Waals surface area contributed by atoms with Crippen molar-refractivity contribution < 1.29 is 28.8 Å². The quantitative estimate of drug-likeness (QED) is 0.130. The van der Waals surface area contributed by atoms with Gasteiger partial charge in [0.25, 0.3) is 0 Å². The number of rotatable bonds is 11. The lowest BCUT2D eigenvalue weighted by molar-refractivity contribution is -0.0935. The molecular weight excluding hydrogens is 652 g/mol. The Balaban J connectivity index is 1.18. The smallest absolute Gasteiger partial charge is 0.329 e. The number of carbonyl (C=O) groups is 1. The van der Waals surface area contributed by atoms with E-state index in [4.69, 9.17) is 18.9 Å². The Labute approximate surface area is 292 Å². The second-order valence-corrected chi connectivity index (χ2v) is 11.9. The molecule has 0 spiro atoms. The molecular formula is C38H36N6O7. The third-order valence-corrected chi connectivity index (χ3v) is 8.90. The van der Waals surface area contributed by atoms with Gasteiger partial charge in [0.2, 0.25) is 0 Å². The molecule has 0 bridgehead atoms. The number of hydrogen-bond acceptors (Lipinski definition) is 9. The first-order chi connectivity index (χ1) is 24.9. The molecule has 3 heterocycles. The molecule has 1 saturated heterocycles. The van der Waals surface area contributed by atoms with Crippen LogP contribution in [0.3, 0.4) is 0 Å². The molecule has 4 aromatic carbocycles. The number of amides is 2. The number of hydrogen-bond donors (Lipinski definition) is 4. The monoisotopic (exact) mass is 688 g/mol. The van der Waals surface area contributed by atoms with Gasteiger partial charge in [0.1, 0.15) is 41.3 Å². The van der Waals surface area contributed by atoms with Crippen molar-refractivity contribution in [1.82, 2.24) is 19.5 Å². The number of H-pyrrole nitrogens is 1. The number of aromatic amines is 1. The molecule has 51 heavy (non-hydrogen) atoms. The van der Waals surface area contributed by atoms with E-state index in [0.717, 1.165) is 16.7 Å². The number of aliphatic hydroxyl groups is 1. The highest BCUT2D eigenvalue weighted by molar-refractivity contribution is 6.02. The Hall–Kier alpha value is -6.02. The van der Waals surface area contributed by atoms with Gasteiger partial charge in [-0.15, -0.1) is 0 Å². The van der Waals surface area contributed by atoms with E-state index in [0.29, 0.717) is 17.2 Å². The Bertz CT molecular complexity index is 2110. The van der Waals surface area contributed by atoms with E-state index in [-0.39, 0.29) is 30.0 Å². The Morgan fingerprint density at radius 3 is 2.06 bits per heavy atom. The number of methoxy groups -OCH3 is 2. The largest absolute Gasteiger partial charge is 0.497 e. The molecule has 1 aliphatic rings. The van der Waals surface area contributed by atoms with Gasteiger partial charge >= 0.3 is 11.7 Å². The molecule has 0 unspecified atom stereocenters. The van der Waals surface area contributed by atoms with Gasteiger partial charge in [-0.3, -0.25) is 5.32 Å². The first-order valence-electron chi connectivity index (χ1n) is 16.3. The van der Waals surface area contributed by atoms with Crippen LogP contribution >= 0.6 is 0 Å². The number of anilines is 2. The third-order valence-electron chi connectivity index (χ3n) is 8.90. The number of carbonyl (C=O) groups excluding carboxylic acids is 1. The maximum absolute atomic E-state index is 13.3. The summed E-state index contributed by atoms with van der Waals surface area (Å²) in [7, 11) is 3.22. The van der Waals surface area contributed by atoms with Crippen molar-refractivity contribution in [2.75, 3.05) is 31.5 Å². The van der Waals surface area contributed by atoms with Crippen LogP contribution in [0, 0.1) is 0 Å². The number of nitrogens with zero attached hydrogens (tertiary/aromatic N) is 3. The minimum atomic E-state index is -1.13. The predicted molar refractivity (Wildman–Crippen MR) is 190 cm³/mol. The minimum Gasteiger partial charge on any atom is -0.497 e. The molecule has 3 atom stereocenters. The van der Waals surface area contributed by atoms with Crippen LogP contribution in [0.5, 0.6) is 11.5 Å². The molecule has 1 fully saturated rings. The van der Waals surface area contributed by atoms with Crippen LogP contribution in [-0.4, -0.2) is 63.7 Å². The summed E-state index contributed by atoms with van der Waals surface area (Å²) in [5.41, 5.74) is 1.84. The summed E-state index contributed by atoms with van der Waals surface area (Å²) in [6, 6.07) is 33.4. The summed E-state index contributed by atoms with van der Waals surface area (Å²) < 4.78 is 25.5. The average molecular weight is 689 g/mol. The lowest BCUT2D eigenvalue weighted by Crippen LogP contribution is -2.38. The third kappa shape index (κ3) is 6.65. The highest BCUT2D eigenvalue weighted by Gasteiger charge is 2.42. The van der Waals surface area contributed by atoms with Gasteiger partial charge < -0.3 is 34.4 Å². The summed E-state index contributed by atoms with van der Waals surface area (Å²) >= 11 is 0. The average Bonchev–Trinajstić information content (AvgIpc) is 3.71. The number of para-hydroxylation sites is 1. The number of urea groups is 1. The molecule has 2 aromatic heterocycles.